The first-order valence-corrected chi connectivity index (χ1v) is 8.50. The zero-order valence-corrected chi connectivity index (χ0v) is 15.1. The van der Waals surface area contributed by atoms with E-state index in [1.807, 2.05) is 31.2 Å². The molecule has 0 spiro atoms. The smallest absolute Gasteiger partial charge is 0.242 e. The first-order chi connectivity index (χ1) is 12.5. The number of anilines is 1. The molecule has 0 aliphatic carbocycles. The summed E-state index contributed by atoms with van der Waals surface area (Å²) < 4.78 is 0. The fourth-order valence-electron chi connectivity index (χ4n) is 2.23. The SMILES string of the molecule is Cc1ccccc1CC(=O)NNC(=O)CCC(=O)Nc1ccccc1Cl. The quantitative estimate of drug-likeness (QED) is 0.680. The number of carbonyl (C=O) groups excluding carboxylic acids is 3. The van der Waals surface area contributed by atoms with Gasteiger partial charge in [-0.05, 0) is 30.2 Å². The Balaban J connectivity index is 1.70. The Morgan fingerprint density at radius 1 is 0.846 bits per heavy atom. The van der Waals surface area contributed by atoms with Gasteiger partial charge in [-0.2, -0.15) is 0 Å². The summed E-state index contributed by atoms with van der Waals surface area (Å²) in [6.45, 7) is 1.92. The van der Waals surface area contributed by atoms with Gasteiger partial charge in [0.1, 0.15) is 0 Å². The lowest BCUT2D eigenvalue weighted by Crippen LogP contribution is -2.42. The molecule has 7 heteroatoms. The van der Waals surface area contributed by atoms with E-state index in [1.54, 1.807) is 24.3 Å². The molecular formula is C19H20ClN3O3. The number of amides is 3. The summed E-state index contributed by atoms with van der Waals surface area (Å²) in [4.78, 5) is 35.5. The highest BCUT2D eigenvalue weighted by Crippen LogP contribution is 2.20. The van der Waals surface area contributed by atoms with Crippen LogP contribution in [0.2, 0.25) is 5.02 Å². The minimum atomic E-state index is -0.447. The highest BCUT2D eigenvalue weighted by molar-refractivity contribution is 6.33. The molecule has 2 rings (SSSR count). The summed E-state index contributed by atoms with van der Waals surface area (Å²) in [6, 6.07) is 14.4. The maximum Gasteiger partial charge on any atom is 0.242 e. The van der Waals surface area contributed by atoms with Gasteiger partial charge in [0, 0.05) is 12.8 Å². The van der Waals surface area contributed by atoms with Gasteiger partial charge in [-0.1, -0.05) is 48.0 Å². The van der Waals surface area contributed by atoms with Crippen molar-refractivity contribution in [3.8, 4) is 0 Å². The number of hydrogen-bond donors (Lipinski definition) is 3. The van der Waals surface area contributed by atoms with Gasteiger partial charge in [-0.25, -0.2) is 0 Å². The molecule has 0 fully saturated rings. The lowest BCUT2D eigenvalue weighted by atomic mass is 10.1. The highest BCUT2D eigenvalue weighted by Gasteiger charge is 2.10. The van der Waals surface area contributed by atoms with Gasteiger partial charge in [0.25, 0.3) is 0 Å². The van der Waals surface area contributed by atoms with E-state index < -0.39 is 5.91 Å². The third kappa shape index (κ3) is 6.22. The fraction of sp³-hybridized carbons (Fsp3) is 0.211. The number of halogens is 1. The Hall–Kier alpha value is -2.86. The van der Waals surface area contributed by atoms with E-state index in [-0.39, 0.29) is 31.1 Å². The number of nitrogens with one attached hydrogen (secondary N) is 3. The van der Waals surface area contributed by atoms with E-state index in [1.165, 1.54) is 0 Å². The predicted molar refractivity (Wildman–Crippen MR) is 100 cm³/mol. The number of aryl methyl sites for hydroxylation is 1. The maximum atomic E-state index is 11.9. The molecule has 0 radical (unpaired) electrons. The summed E-state index contributed by atoms with van der Waals surface area (Å²) >= 11 is 5.95. The van der Waals surface area contributed by atoms with E-state index in [4.69, 9.17) is 11.6 Å². The molecule has 3 N–H and O–H groups in total. The molecule has 0 unspecified atom stereocenters. The van der Waals surface area contributed by atoms with Crippen LogP contribution in [0, 0.1) is 6.92 Å². The Morgan fingerprint density at radius 2 is 1.46 bits per heavy atom. The van der Waals surface area contributed by atoms with E-state index in [2.05, 4.69) is 16.2 Å². The molecule has 3 amide bonds. The van der Waals surface area contributed by atoms with Gasteiger partial charge in [0.05, 0.1) is 17.1 Å². The van der Waals surface area contributed by atoms with E-state index in [0.29, 0.717) is 10.7 Å². The van der Waals surface area contributed by atoms with E-state index in [9.17, 15) is 14.4 Å². The van der Waals surface area contributed by atoms with Crippen molar-refractivity contribution >= 4 is 35.0 Å². The first-order valence-electron chi connectivity index (χ1n) is 8.12. The van der Waals surface area contributed by atoms with Crippen LogP contribution in [0.1, 0.15) is 24.0 Å². The van der Waals surface area contributed by atoms with Gasteiger partial charge >= 0.3 is 0 Å². The number of rotatable bonds is 6. The molecule has 0 aliphatic heterocycles. The zero-order valence-electron chi connectivity index (χ0n) is 14.3. The lowest BCUT2D eigenvalue weighted by molar-refractivity contribution is -0.129. The van der Waals surface area contributed by atoms with Gasteiger partial charge in [0.2, 0.25) is 17.7 Å². The molecular weight excluding hydrogens is 354 g/mol. The van der Waals surface area contributed by atoms with Crippen LogP contribution in [-0.2, 0) is 20.8 Å². The number of carbonyl (C=O) groups is 3. The molecule has 0 aromatic heterocycles. The summed E-state index contributed by atoms with van der Waals surface area (Å²) in [7, 11) is 0. The van der Waals surface area contributed by atoms with Crippen LogP contribution < -0.4 is 16.2 Å². The molecule has 0 aliphatic rings. The molecule has 6 nitrogen and oxygen atoms in total. The van der Waals surface area contributed by atoms with Crippen molar-refractivity contribution in [1.82, 2.24) is 10.9 Å². The topological polar surface area (TPSA) is 87.3 Å². The first kappa shape index (κ1) is 19.5. The third-order valence-corrected chi connectivity index (χ3v) is 4.01. The lowest BCUT2D eigenvalue weighted by Gasteiger charge is -2.09. The largest absolute Gasteiger partial charge is 0.325 e. The van der Waals surface area contributed by atoms with E-state index in [0.717, 1.165) is 11.1 Å². The second kappa shape index (κ2) is 9.58. The third-order valence-electron chi connectivity index (χ3n) is 3.68. The van der Waals surface area contributed by atoms with Crippen molar-refractivity contribution in [3.63, 3.8) is 0 Å². The predicted octanol–water partition coefficient (Wildman–Crippen LogP) is 2.76. The highest BCUT2D eigenvalue weighted by atomic mass is 35.5. The van der Waals surface area contributed by atoms with Gasteiger partial charge < -0.3 is 5.32 Å². The number of hydrazine groups is 1. The van der Waals surface area contributed by atoms with Crippen LogP contribution in [0.5, 0.6) is 0 Å². The summed E-state index contributed by atoms with van der Waals surface area (Å²) in [6.07, 6.45) is 0.0889. The van der Waals surface area contributed by atoms with Gasteiger partial charge in [-0.3, -0.25) is 25.2 Å². The molecule has 0 heterocycles. The molecule has 136 valence electrons. The molecule has 0 atom stereocenters. The zero-order chi connectivity index (χ0) is 18.9. The van der Waals surface area contributed by atoms with Crippen LogP contribution in [0.25, 0.3) is 0 Å². The molecule has 26 heavy (non-hydrogen) atoms. The van der Waals surface area contributed by atoms with Crippen LogP contribution in [0.4, 0.5) is 5.69 Å². The summed E-state index contributed by atoms with van der Waals surface area (Å²) in [5, 5.41) is 3.06. The monoisotopic (exact) mass is 373 g/mol. The second-order valence-corrected chi connectivity index (χ2v) is 6.13. The average Bonchev–Trinajstić information content (AvgIpc) is 2.62. The Labute approximate surface area is 156 Å². The minimum Gasteiger partial charge on any atom is -0.325 e. The molecule has 0 bridgehead atoms. The van der Waals surface area contributed by atoms with Crippen molar-refractivity contribution < 1.29 is 14.4 Å². The number of benzene rings is 2. The fourth-order valence-corrected chi connectivity index (χ4v) is 2.41. The summed E-state index contributed by atoms with van der Waals surface area (Å²) in [5.41, 5.74) is 7.04. The number of para-hydroxylation sites is 1. The van der Waals surface area contributed by atoms with Crippen molar-refractivity contribution in [2.75, 3.05) is 5.32 Å². The average molecular weight is 374 g/mol. The molecule has 2 aromatic rings. The van der Waals surface area contributed by atoms with Crippen molar-refractivity contribution in [2.45, 2.75) is 26.2 Å². The Bertz CT molecular complexity index is 743. The standard InChI is InChI=1S/C19H20ClN3O3/c1-13-6-2-3-7-14(13)12-19(26)23-22-18(25)11-10-17(24)21-16-9-5-4-8-15(16)20/h2-9H,10-12H2,1H3,(H,21,24)(H,22,25)(H,23,26). The summed E-state index contributed by atoms with van der Waals surface area (Å²) in [5.74, 6) is -1.11. The molecule has 0 saturated carbocycles. The Kier molecular flexibility index (Phi) is 7.17. The maximum absolute atomic E-state index is 11.9. The second-order valence-electron chi connectivity index (χ2n) is 5.73. The van der Waals surface area contributed by atoms with Crippen molar-refractivity contribution in [1.29, 1.82) is 0 Å². The van der Waals surface area contributed by atoms with Crippen LogP contribution in [0.3, 0.4) is 0 Å². The Morgan fingerprint density at radius 3 is 2.19 bits per heavy atom. The van der Waals surface area contributed by atoms with Gasteiger partial charge in [0.15, 0.2) is 0 Å². The number of hydrogen-bond acceptors (Lipinski definition) is 3. The minimum absolute atomic E-state index is 0.0231. The molecule has 0 saturated heterocycles. The van der Waals surface area contributed by atoms with Gasteiger partial charge in [-0.15, -0.1) is 0 Å². The normalized spacial score (nSPS) is 10.1. The van der Waals surface area contributed by atoms with Crippen LogP contribution in [0.15, 0.2) is 48.5 Å². The van der Waals surface area contributed by atoms with Crippen molar-refractivity contribution in [3.05, 3.63) is 64.7 Å². The van der Waals surface area contributed by atoms with E-state index >= 15 is 0 Å². The van der Waals surface area contributed by atoms with Crippen LogP contribution >= 0.6 is 11.6 Å². The molecule has 2 aromatic carbocycles. The van der Waals surface area contributed by atoms with Crippen molar-refractivity contribution in [2.24, 2.45) is 0 Å². The van der Waals surface area contributed by atoms with Crippen LogP contribution in [-0.4, -0.2) is 17.7 Å².